The fourth-order valence-electron chi connectivity index (χ4n) is 3.00. The lowest BCUT2D eigenvalue weighted by Gasteiger charge is -2.28. The number of carbonyl (C=O) groups excluding carboxylic acids is 1. The largest absolute Gasteiger partial charge is 0.388 e. The molecule has 0 aliphatic carbocycles. The van der Waals surface area contributed by atoms with E-state index in [1.54, 1.807) is 19.0 Å². The first-order valence-corrected chi connectivity index (χ1v) is 9.90. The third-order valence-corrected chi connectivity index (χ3v) is 4.39. The van der Waals surface area contributed by atoms with Crippen LogP contribution in [0.2, 0.25) is 0 Å². The normalized spacial score (nSPS) is 12.0. The zero-order valence-corrected chi connectivity index (χ0v) is 17.5. The molecule has 1 aromatic carbocycles. The molecule has 0 spiro atoms. The second-order valence-electron chi connectivity index (χ2n) is 7.17. The van der Waals surface area contributed by atoms with Crippen molar-refractivity contribution in [3.8, 4) is 0 Å². The minimum Gasteiger partial charge on any atom is -0.388 e. The maximum atomic E-state index is 11.9. The molecule has 6 heteroatoms. The van der Waals surface area contributed by atoms with Crippen LogP contribution in [0.1, 0.15) is 62.4 Å². The van der Waals surface area contributed by atoms with Crippen LogP contribution < -0.4 is 10.6 Å². The van der Waals surface area contributed by atoms with Gasteiger partial charge in [-0.2, -0.15) is 0 Å². The van der Waals surface area contributed by atoms with E-state index < -0.39 is 5.60 Å². The van der Waals surface area contributed by atoms with Gasteiger partial charge in [0.2, 0.25) is 0 Å². The van der Waals surface area contributed by atoms with Crippen LogP contribution in [0.5, 0.6) is 0 Å². The molecule has 27 heavy (non-hydrogen) atoms. The van der Waals surface area contributed by atoms with Gasteiger partial charge in [0.1, 0.15) is 0 Å². The maximum Gasteiger partial charge on any atom is 0.253 e. The summed E-state index contributed by atoms with van der Waals surface area (Å²) in [5.41, 5.74) is 0.996. The zero-order chi connectivity index (χ0) is 20.3. The SMILES string of the molecule is CCCC(O)(CCC)CNC(=NCc1ccc(C(=O)N(C)C)cc1)NCC. The van der Waals surface area contributed by atoms with Gasteiger partial charge in [0.05, 0.1) is 12.1 Å². The highest BCUT2D eigenvalue weighted by molar-refractivity contribution is 5.93. The summed E-state index contributed by atoms with van der Waals surface area (Å²) < 4.78 is 0. The molecule has 0 atom stereocenters. The third kappa shape index (κ3) is 7.99. The number of nitrogens with one attached hydrogen (secondary N) is 2. The lowest BCUT2D eigenvalue weighted by molar-refractivity contribution is 0.0257. The Balaban J connectivity index is 2.74. The third-order valence-electron chi connectivity index (χ3n) is 4.39. The topological polar surface area (TPSA) is 77.0 Å². The second kappa shape index (κ2) is 11.6. The monoisotopic (exact) mass is 376 g/mol. The van der Waals surface area contributed by atoms with Crippen molar-refractivity contribution in [1.82, 2.24) is 15.5 Å². The zero-order valence-electron chi connectivity index (χ0n) is 17.5. The molecule has 0 aliphatic rings. The lowest BCUT2D eigenvalue weighted by atomic mass is 9.93. The summed E-state index contributed by atoms with van der Waals surface area (Å²) >= 11 is 0. The molecule has 1 aromatic rings. The van der Waals surface area contributed by atoms with Gasteiger partial charge in [-0.05, 0) is 37.5 Å². The Morgan fingerprint density at radius 3 is 2.15 bits per heavy atom. The number of carbonyl (C=O) groups is 1. The lowest BCUT2D eigenvalue weighted by Crippen LogP contribution is -2.47. The Hall–Kier alpha value is -2.08. The number of amides is 1. The first-order chi connectivity index (χ1) is 12.8. The molecule has 0 aromatic heterocycles. The van der Waals surface area contributed by atoms with Crippen LogP contribution in [0.15, 0.2) is 29.3 Å². The average Bonchev–Trinajstić information content (AvgIpc) is 2.64. The summed E-state index contributed by atoms with van der Waals surface area (Å²) in [6.07, 6.45) is 3.44. The van der Waals surface area contributed by atoms with E-state index in [0.717, 1.165) is 37.8 Å². The fourth-order valence-corrected chi connectivity index (χ4v) is 3.00. The van der Waals surface area contributed by atoms with Gasteiger partial charge in [0.15, 0.2) is 5.96 Å². The predicted octanol–water partition coefficient (Wildman–Crippen LogP) is 2.77. The number of guanidine groups is 1. The summed E-state index contributed by atoms with van der Waals surface area (Å²) in [6.45, 7) is 7.93. The summed E-state index contributed by atoms with van der Waals surface area (Å²) in [5, 5.41) is 17.3. The van der Waals surface area contributed by atoms with E-state index in [1.165, 1.54) is 0 Å². The van der Waals surface area contributed by atoms with E-state index >= 15 is 0 Å². The molecule has 0 saturated heterocycles. The molecule has 1 amide bonds. The Labute approximate surface area is 164 Å². The van der Waals surface area contributed by atoms with Gasteiger partial charge in [-0.1, -0.05) is 38.8 Å². The number of aliphatic hydroxyl groups is 1. The van der Waals surface area contributed by atoms with Crippen LogP contribution in [0.3, 0.4) is 0 Å². The summed E-state index contributed by atoms with van der Waals surface area (Å²) in [5.74, 6) is 0.683. The van der Waals surface area contributed by atoms with Gasteiger partial charge in [-0.3, -0.25) is 4.79 Å². The number of nitrogens with zero attached hydrogens (tertiary/aromatic N) is 2. The average molecular weight is 377 g/mol. The van der Waals surface area contributed by atoms with E-state index in [0.29, 0.717) is 24.6 Å². The molecular weight excluding hydrogens is 340 g/mol. The van der Waals surface area contributed by atoms with Crippen LogP contribution in [0.25, 0.3) is 0 Å². The highest BCUT2D eigenvalue weighted by Crippen LogP contribution is 2.18. The minimum absolute atomic E-state index is 0.00816. The molecule has 0 bridgehead atoms. The minimum atomic E-state index is -0.701. The Morgan fingerprint density at radius 2 is 1.67 bits per heavy atom. The van der Waals surface area contributed by atoms with Crippen molar-refractivity contribution in [2.75, 3.05) is 27.2 Å². The Morgan fingerprint density at radius 1 is 1.07 bits per heavy atom. The van der Waals surface area contributed by atoms with Crippen molar-refractivity contribution in [2.45, 2.75) is 58.6 Å². The van der Waals surface area contributed by atoms with E-state index in [2.05, 4.69) is 29.5 Å². The summed E-state index contributed by atoms with van der Waals surface area (Å²) in [6, 6.07) is 7.51. The smallest absolute Gasteiger partial charge is 0.253 e. The van der Waals surface area contributed by atoms with Crippen LogP contribution in [0, 0.1) is 0 Å². The molecule has 0 saturated carbocycles. The van der Waals surface area contributed by atoms with Gasteiger partial charge < -0.3 is 20.6 Å². The predicted molar refractivity (Wildman–Crippen MR) is 112 cm³/mol. The van der Waals surface area contributed by atoms with Gasteiger partial charge in [-0.25, -0.2) is 4.99 Å². The van der Waals surface area contributed by atoms with Crippen molar-refractivity contribution in [1.29, 1.82) is 0 Å². The summed E-state index contributed by atoms with van der Waals surface area (Å²) in [7, 11) is 3.49. The Kier molecular flexibility index (Phi) is 9.86. The number of hydrogen-bond donors (Lipinski definition) is 3. The van der Waals surface area contributed by atoms with Gasteiger partial charge in [-0.15, -0.1) is 0 Å². The van der Waals surface area contributed by atoms with Crippen LogP contribution in [-0.4, -0.2) is 54.7 Å². The summed E-state index contributed by atoms with van der Waals surface area (Å²) in [4.78, 5) is 18.1. The van der Waals surface area contributed by atoms with Crippen molar-refractivity contribution in [2.24, 2.45) is 4.99 Å². The molecule has 0 radical (unpaired) electrons. The van der Waals surface area contributed by atoms with Crippen LogP contribution >= 0.6 is 0 Å². The van der Waals surface area contributed by atoms with Crippen molar-refractivity contribution in [3.05, 3.63) is 35.4 Å². The first-order valence-electron chi connectivity index (χ1n) is 9.90. The Bertz CT molecular complexity index is 591. The van der Waals surface area contributed by atoms with Gasteiger partial charge in [0.25, 0.3) is 5.91 Å². The quantitative estimate of drug-likeness (QED) is 0.433. The highest BCUT2D eigenvalue weighted by Gasteiger charge is 2.24. The standard InChI is InChI=1S/C21H36N4O2/c1-6-13-21(27,14-7-2)16-24-20(22-8-3)23-15-17-9-11-18(12-10-17)19(26)25(4)5/h9-12,27H,6-8,13-16H2,1-5H3,(H2,22,23,24). The molecule has 6 nitrogen and oxygen atoms in total. The van der Waals surface area contributed by atoms with Gasteiger partial charge >= 0.3 is 0 Å². The van der Waals surface area contributed by atoms with E-state index in [-0.39, 0.29) is 5.91 Å². The molecule has 152 valence electrons. The first kappa shape index (κ1) is 23.0. The van der Waals surface area contributed by atoms with Crippen molar-refractivity contribution < 1.29 is 9.90 Å². The van der Waals surface area contributed by atoms with E-state index in [9.17, 15) is 9.90 Å². The van der Waals surface area contributed by atoms with Crippen LogP contribution in [-0.2, 0) is 6.54 Å². The van der Waals surface area contributed by atoms with Gasteiger partial charge in [0, 0.05) is 32.7 Å². The number of hydrogen-bond acceptors (Lipinski definition) is 3. The molecule has 1 rings (SSSR count). The molecule has 0 fully saturated rings. The highest BCUT2D eigenvalue weighted by atomic mass is 16.3. The van der Waals surface area contributed by atoms with Crippen molar-refractivity contribution in [3.63, 3.8) is 0 Å². The van der Waals surface area contributed by atoms with E-state index in [4.69, 9.17) is 0 Å². The molecule has 0 unspecified atom stereocenters. The number of benzene rings is 1. The number of rotatable bonds is 10. The molecule has 3 N–H and O–H groups in total. The van der Waals surface area contributed by atoms with Crippen LogP contribution in [0.4, 0.5) is 0 Å². The molecular formula is C21H36N4O2. The second-order valence-corrected chi connectivity index (χ2v) is 7.17. The van der Waals surface area contributed by atoms with E-state index in [1.807, 2.05) is 31.2 Å². The van der Waals surface area contributed by atoms with Crippen molar-refractivity contribution >= 4 is 11.9 Å². The molecule has 0 aliphatic heterocycles. The molecule has 0 heterocycles. The maximum absolute atomic E-state index is 11.9. The fraction of sp³-hybridized carbons (Fsp3) is 0.619. The number of aliphatic imine (C=N–C) groups is 1.